The summed E-state index contributed by atoms with van der Waals surface area (Å²) in [5.74, 6) is 0.349. The normalized spacial score (nSPS) is 10.3. The Bertz CT molecular complexity index is 719. The first-order chi connectivity index (χ1) is 11.5. The second-order valence-electron chi connectivity index (χ2n) is 5.34. The molecule has 0 saturated carbocycles. The monoisotopic (exact) mass is 406 g/mol. The van der Waals surface area contributed by atoms with Crippen molar-refractivity contribution in [1.29, 1.82) is 0 Å². The van der Waals surface area contributed by atoms with Crippen molar-refractivity contribution in [3.8, 4) is 0 Å². The van der Waals surface area contributed by atoms with E-state index in [0.717, 1.165) is 20.6 Å². The van der Waals surface area contributed by atoms with Crippen molar-refractivity contribution in [1.82, 2.24) is 4.90 Å². The number of rotatable bonds is 6. The van der Waals surface area contributed by atoms with Crippen LogP contribution in [0.1, 0.15) is 12.5 Å². The summed E-state index contributed by atoms with van der Waals surface area (Å²) in [5, 5.41) is 2.72. The number of nitrogens with one attached hydrogen (secondary N) is 1. The third kappa shape index (κ3) is 5.69. The molecule has 4 nitrogen and oxygen atoms in total. The molecule has 0 aliphatic rings. The Morgan fingerprint density at radius 3 is 2.42 bits per heavy atom. The molecule has 0 atom stereocenters. The number of carbonyl (C=O) groups is 2. The molecule has 0 fully saturated rings. The first-order valence-electron chi connectivity index (χ1n) is 7.43. The lowest BCUT2D eigenvalue weighted by Crippen LogP contribution is -2.27. The van der Waals surface area contributed by atoms with Gasteiger partial charge in [-0.2, -0.15) is 0 Å². The molecule has 1 N–H and O–H groups in total. The van der Waals surface area contributed by atoms with Gasteiger partial charge in [0, 0.05) is 35.6 Å². The number of hydrogen-bond acceptors (Lipinski definition) is 3. The fraction of sp³-hybridized carbons (Fsp3) is 0.222. The first-order valence-corrected chi connectivity index (χ1v) is 9.21. The molecule has 0 heterocycles. The maximum Gasteiger partial charge on any atom is 0.232 e. The average molecular weight is 407 g/mol. The largest absolute Gasteiger partial charge is 0.341 e. The zero-order chi connectivity index (χ0) is 17.5. The molecule has 0 spiro atoms. The molecule has 0 bridgehead atoms. The van der Waals surface area contributed by atoms with E-state index in [1.165, 1.54) is 18.7 Å². The second-order valence-corrected chi connectivity index (χ2v) is 7.24. The van der Waals surface area contributed by atoms with Gasteiger partial charge in [-0.3, -0.25) is 9.59 Å². The molecule has 0 radical (unpaired) electrons. The van der Waals surface area contributed by atoms with E-state index < -0.39 is 0 Å². The number of anilines is 1. The fourth-order valence-electron chi connectivity index (χ4n) is 2.06. The van der Waals surface area contributed by atoms with Gasteiger partial charge in [-0.1, -0.05) is 34.1 Å². The van der Waals surface area contributed by atoms with Gasteiger partial charge in [-0.25, -0.2) is 0 Å². The Kier molecular flexibility index (Phi) is 6.87. The van der Waals surface area contributed by atoms with E-state index >= 15 is 0 Å². The van der Waals surface area contributed by atoms with E-state index in [4.69, 9.17) is 0 Å². The van der Waals surface area contributed by atoms with Crippen LogP contribution in [-0.4, -0.2) is 29.5 Å². The van der Waals surface area contributed by atoms with Crippen LogP contribution < -0.4 is 5.32 Å². The minimum Gasteiger partial charge on any atom is -0.341 e. The average Bonchev–Trinajstić information content (AvgIpc) is 2.55. The molecule has 2 aromatic rings. The van der Waals surface area contributed by atoms with E-state index in [1.807, 2.05) is 55.6 Å². The molecule has 2 amide bonds. The maximum atomic E-state index is 12.3. The van der Waals surface area contributed by atoms with Gasteiger partial charge in [0.1, 0.15) is 0 Å². The van der Waals surface area contributed by atoms with Crippen molar-refractivity contribution in [3.63, 3.8) is 0 Å². The quantitative estimate of drug-likeness (QED) is 0.732. The number of amides is 2. The minimum atomic E-state index is -0.0979. The smallest absolute Gasteiger partial charge is 0.232 e. The lowest BCUT2D eigenvalue weighted by atomic mass is 10.2. The van der Waals surface area contributed by atoms with Crippen LogP contribution in [0.25, 0.3) is 0 Å². The van der Waals surface area contributed by atoms with E-state index in [2.05, 4.69) is 21.2 Å². The Labute approximate surface area is 154 Å². The number of nitrogens with zero attached hydrogens (tertiary/aromatic N) is 1. The van der Waals surface area contributed by atoms with Crippen molar-refractivity contribution in [3.05, 3.63) is 58.6 Å². The van der Waals surface area contributed by atoms with Gasteiger partial charge in [0.25, 0.3) is 0 Å². The van der Waals surface area contributed by atoms with Crippen LogP contribution in [0.2, 0.25) is 0 Å². The predicted molar refractivity (Wildman–Crippen MR) is 102 cm³/mol. The molecular formula is C18H19BrN2O2S. The number of carbonyl (C=O) groups excluding carboxylic acids is 2. The van der Waals surface area contributed by atoms with Crippen molar-refractivity contribution in [2.24, 2.45) is 0 Å². The summed E-state index contributed by atoms with van der Waals surface area (Å²) in [7, 11) is 1.81. The molecule has 2 rings (SSSR count). The molecule has 24 heavy (non-hydrogen) atoms. The fourth-order valence-corrected chi connectivity index (χ4v) is 3.31. The molecule has 126 valence electrons. The Morgan fingerprint density at radius 1 is 1.12 bits per heavy atom. The van der Waals surface area contributed by atoms with Gasteiger partial charge < -0.3 is 10.2 Å². The summed E-state index contributed by atoms with van der Waals surface area (Å²) in [6.45, 7) is 2.05. The highest BCUT2D eigenvalue weighted by Gasteiger charge is 2.11. The molecule has 0 unspecified atom stereocenters. The van der Waals surface area contributed by atoms with Crippen LogP contribution in [0.15, 0.2) is 57.9 Å². The molecule has 6 heteroatoms. The van der Waals surface area contributed by atoms with E-state index in [1.54, 1.807) is 4.90 Å². The van der Waals surface area contributed by atoms with Crippen LogP contribution in [0.4, 0.5) is 5.69 Å². The van der Waals surface area contributed by atoms with Gasteiger partial charge in [-0.15, -0.1) is 11.8 Å². The second kappa shape index (κ2) is 8.89. The minimum absolute atomic E-state index is 0.0710. The third-order valence-corrected chi connectivity index (χ3v) is 5.10. The molecule has 0 aliphatic heterocycles. The van der Waals surface area contributed by atoms with Crippen LogP contribution in [0.3, 0.4) is 0 Å². The molecule has 0 aliphatic carbocycles. The zero-order valence-corrected chi connectivity index (χ0v) is 16.0. The summed E-state index contributed by atoms with van der Waals surface area (Å²) < 4.78 is 1.01. The summed E-state index contributed by atoms with van der Waals surface area (Å²) in [4.78, 5) is 26.0. The van der Waals surface area contributed by atoms with E-state index in [-0.39, 0.29) is 11.8 Å². The summed E-state index contributed by atoms with van der Waals surface area (Å²) >= 11 is 4.98. The molecule has 0 aromatic heterocycles. The Hall–Kier alpha value is -1.79. The van der Waals surface area contributed by atoms with Crippen LogP contribution in [0, 0.1) is 0 Å². The maximum absolute atomic E-state index is 12.3. The third-order valence-electron chi connectivity index (χ3n) is 3.33. The van der Waals surface area contributed by atoms with Gasteiger partial charge in [-0.05, 0) is 35.9 Å². The lowest BCUT2D eigenvalue weighted by Gasteiger charge is -2.18. The number of halogens is 1. The van der Waals surface area contributed by atoms with Gasteiger partial charge in [0.2, 0.25) is 11.8 Å². The zero-order valence-electron chi connectivity index (χ0n) is 13.6. The topological polar surface area (TPSA) is 49.4 Å². The standard InChI is InChI=1S/C18H19BrN2O2S/c1-13(22)20-15-7-9-16(10-8-15)24-12-18(23)21(2)11-14-5-3-4-6-17(14)19/h3-10H,11-12H2,1-2H3,(H,20,22). The highest BCUT2D eigenvalue weighted by molar-refractivity contribution is 9.10. The van der Waals surface area contributed by atoms with Crippen molar-refractivity contribution in [2.45, 2.75) is 18.4 Å². The lowest BCUT2D eigenvalue weighted by molar-refractivity contribution is -0.127. The van der Waals surface area contributed by atoms with Crippen molar-refractivity contribution >= 4 is 45.2 Å². The van der Waals surface area contributed by atoms with Gasteiger partial charge >= 0.3 is 0 Å². The number of hydrogen-bond donors (Lipinski definition) is 1. The van der Waals surface area contributed by atoms with Crippen LogP contribution >= 0.6 is 27.7 Å². The summed E-state index contributed by atoms with van der Waals surface area (Å²) in [5.41, 5.74) is 1.84. The highest BCUT2D eigenvalue weighted by Crippen LogP contribution is 2.22. The SMILES string of the molecule is CC(=O)Nc1ccc(SCC(=O)N(C)Cc2ccccc2Br)cc1. The molecular weight excluding hydrogens is 388 g/mol. The van der Waals surface area contributed by atoms with Gasteiger partial charge in [0.05, 0.1) is 5.75 Å². The van der Waals surface area contributed by atoms with E-state index in [0.29, 0.717) is 12.3 Å². The van der Waals surface area contributed by atoms with Crippen molar-refractivity contribution in [2.75, 3.05) is 18.1 Å². The first kappa shape index (κ1) is 18.5. The summed E-state index contributed by atoms with van der Waals surface area (Å²) in [6.07, 6.45) is 0. The Balaban J connectivity index is 1.86. The van der Waals surface area contributed by atoms with Crippen LogP contribution in [0.5, 0.6) is 0 Å². The van der Waals surface area contributed by atoms with E-state index in [9.17, 15) is 9.59 Å². The summed E-state index contributed by atoms with van der Waals surface area (Å²) in [6, 6.07) is 15.4. The molecule has 2 aromatic carbocycles. The predicted octanol–water partition coefficient (Wildman–Crippen LogP) is 4.16. The number of benzene rings is 2. The number of thioether (sulfide) groups is 1. The van der Waals surface area contributed by atoms with Gasteiger partial charge in [0.15, 0.2) is 0 Å². The molecule has 0 saturated heterocycles. The Morgan fingerprint density at radius 2 is 1.79 bits per heavy atom. The van der Waals surface area contributed by atoms with Crippen molar-refractivity contribution < 1.29 is 9.59 Å². The highest BCUT2D eigenvalue weighted by atomic mass is 79.9. The van der Waals surface area contributed by atoms with Crippen LogP contribution in [-0.2, 0) is 16.1 Å².